The van der Waals surface area contributed by atoms with Gasteiger partial charge in [-0.2, -0.15) is 0 Å². The predicted octanol–water partition coefficient (Wildman–Crippen LogP) is 2.59. The van der Waals surface area contributed by atoms with E-state index in [0.29, 0.717) is 12.5 Å². The minimum absolute atomic E-state index is 0.0865. The number of rotatable bonds is 5. The number of nitrogens with one attached hydrogen (secondary N) is 2. The van der Waals surface area contributed by atoms with E-state index in [1.54, 1.807) is 6.07 Å². The summed E-state index contributed by atoms with van der Waals surface area (Å²) in [6.45, 7) is 2.03. The molecule has 1 aliphatic heterocycles. The van der Waals surface area contributed by atoms with Crippen LogP contribution in [0.25, 0.3) is 0 Å². The number of benzene rings is 1. The number of carboxylic acid groups (broad SMARTS) is 1. The molecule has 0 radical (unpaired) electrons. The van der Waals surface area contributed by atoms with Crippen molar-refractivity contribution in [1.29, 1.82) is 0 Å². The van der Waals surface area contributed by atoms with Crippen molar-refractivity contribution in [3.63, 3.8) is 0 Å². The number of hydrogen-bond donors (Lipinski definition) is 3. The van der Waals surface area contributed by atoms with Gasteiger partial charge in [-0.15, -0.1) is 0 Å². The lowest BCUT2D eigenvalue weighted by molar-refractivity contribution is 0.0698. The van der Waals surface area contributed by atoms with Crippen molar-refractivity contribution in [3.8, 4) is 0 Å². The third-order valence-corrected chi connectivity index (χ3v) is 3.65. The van der Waals surface area contributed by atoms with E-state index in [4.69, 9.17) is 21.4 Å². The third-order valence-electron chi connectivity index (χ3n) is 3.34. The molecular weight excluding hydrogens is 296 g/mol. The number of carbonyl (C=O) groups is 2. The van der Waals surface area contributed by atoms with Crippen molar-refractivity contribution in [2.75, 3.05) is 25.1 Å². The largest absolute Gasteiger partial charge is 0.478 e. The van der Waals surface area contributed by atoms with Crippen LogP contribution in [0.5, 0.6) is 0 Å². The molecule has 0 spiro atoms. The van der Waals surface area contributed by atoms with Gasteiger partial charge in [0.2, 0.25) is 0 Å². The van der Waals surface area contributed by atoms with Crippen molar-refractivity contribution in [2.45, 2.75) is 12.8 Å². The number of halogens is 1. The number of carbonyl (C=O) groups excluding carboxylic acids is 1. The summed E-state index contributed by atoms with van der Waals surface area (Å²) in [5.41, 5.74) is 0.0650. The summed E-state index contributed by atoms with van der Waals surface area (Å²) in [5.74, 6) is -0.704. The zero-order valence-electron chi connectivity index (χ0n) is 11.4. The van der Waals surface area contributed by atoms with Gasteiger partial charge >= 0.3 is 12.0 Å². The number of anilines is 1. The molecule has 0 aromatic heterocycles. The monoisotopic (exact) mass is 312 g/mol. The quantitative estimate of drug-likeness (QED) is 0.780. The lowest BCUT2D eigenvalue weighted by Crippen LogP contribution is -2.31. The average molecular weight is 313 g/mol. The Labute approximate surface area is 127 Å². The van der Waals surface area contributed by atoms with Crippen LogP contribution >= 0.6 is 11.6 Å². The second-order valence-corrected chi connectivity index (χ2v) is 5.27. The Morgan fingerprint density at radius 3 is 2.90 bits per heavy atom. The molecule has 21 heavy (non-hydrogen) atoms. The van der Waals surface area contributed by atoms with Crippen LogP contribution in [-0.4, -0.2) is 36.9 Å². The Hall–Kier alpha value is -1.79. The Morgan fingerprint density at radius 2 is 2.24 bits per heavy atom. The van der Waals surface area contributed by atoms with E-state index in [9.17, 15) is 9.59 Å². The van der Waals surface area contributed by atoms with Gasteiger partial charge < -0.3 is 20.5 Å². The van der Waals surface area contributed by atoms with Crippen LogP contribution in [0.15, 0.2) is 18.2 Å². The Kier molecular flexibility index (Phi) is 5.41. The lowest BCUT2D eigenvalue weighted by Gasteiger charge is -2.12. The van der Waals surface area contributed by atoms with E-state index in [0.717, 1.165) is 26.1 Å². The van der Waals surface area contributed by atoms with Gasteiger partial charge in [-0.3, -0.25) is 0 Å². The van der Waals surface area contributed by atoms with E-state index < -0.39 is 12.0 Å². The molecule has 1 saturated heterocycles. The molecule has 1 aromatic rings. The Balaban J connectivity index is 1.87. The number of amides is 2. The first kappa shape index (κ1) is 15.6. The smallest absolute Gasteiger partial charge is 0.339 e. The normalized spacial score (nSPS) is 17.5. The standard InChI is InChI=1S/C14H17ClN2O4/c15-10-2-1-3-11(12(10)13(18)19)17-14(20)16-6-4-9-5-7-21-8-9/h1-3,9H,4-8H2,(H,18,19)(H2,16,17,20). The molecule has 0 bridgehead atoms. The Morgan fingerprint density at radius 1 is 1.43 bits per heavy atom. The van der Waals surface area contributed by atoms with Crippen molar-refractivity contribution < 1.29 is 19.4 Å². The lowest BCUT2D eigenvalue weighted by atomic mass is 10.1. The highest BCUT2D eigenvalue weighted by Gasteiger charge is 2.17. The molecule has 3 N–H and O–H groups in total. The molecule has 1 aromatic carbocycles. The molecule has 6 nitrogen and oxygen atoms in total. The fourth-order valence-corrected chi connectivity index (χ4v) is 2.47. The first-order valence-electron chi connectivity index (χ1n) is 6.72. The fraction of sp³-hybridized carbons (Fsp3) is 0.429. The molecule has 2 amide bonds. The van der Waals surface area contributed by atoms with E-state index in [1.165, 1.54) is 12.1 Å². The molecule has 1 unspecified atom stereocenters. The number of urea groups is 1. The van der Waals surface area contributed by atoms with E-state index in [1.807, 2.05) is 0 Å². The maximum Gasteiger partial charge on any atom is 0.339 e. The second kappa shape index (κ2) is 7.28. The summed E-state index contributed by atoms with van der Waals surface area (Å²) in [6.07, 6.45) is 1.86. The summed E-state index contributed by atoms with van der Waals surface area (Å²) in [4.78, 5) is 22.9. The highest BCUT2D eigenvalue weighted by Crippen LogP contribution is 2.24. The SMILES string of the molecule is O=C(NCCC1CCOC1)Nc1cccc(Cl)c1C(=O)O. The average Bonchev–Trinajstić information content (AvgIpc) is 2.91. The zero-order valence-corrected chi connectivity index (χ0v) is 12.2. The van der Waals surface area contributed by atoms with Gasteiger partial charge in [0.15, 0.2) is 0 Å². The molecule has 2 rings (SSSR count). The van der Waals surface area contributed by atoms with Crippen molar-refractivity contribution in [1.82, 2.24) is 5.32 Å². The molecule has 114 valence electrons. The Bertz CT molecular complexity index is 530. The van der Waals surface area contributed by atoms with Crippen LogP contribution in [0.2, 0.25) is 5.02 Å². The second-order valence-electron chi connectivity index (χ2n) is 4.87. The third kappa shape index (κ3) is 4.34. The maximum absolute atomic E-state index is 11.8. The minimum Gasteiger partial charge on any atom is -0.478 e. The summed E-state index contributed by atoms with van der Waals surface area (Å²) in [6, 6.07) is 4.10. The van der Waals surface area contributed by atoms with E-state index >= 15 is 0 Å². The molecule has 1 fully saturated rings. The summed E-state index contributed by atoms with van der Waals surface area (Å²) in [5, 5.41) is 14.4. The van der Waals surface area contributed by atoms with Crippen molar-refractivity contribution in [3.05, 3.63) is 28.8 Å². The highest BCUT2D eigenvalue weighted by molar-refractivity contribution is 6.34. The highest BCUT2D eigenvalue weighted by atomic mass is 35.5. The number of carboxylic acids is 1. The van der Waals surface area contributed by atoms with Crippen LogP contribution in [-0.2, 0) is 4.74 Å². The van der Waals surface area contributed by atoms with Crippen LogP contribution < -0.4 is 10.6 Å². The molecule has 1 atom stereocenters. The van der Waals surface area contributed by atoms with Gasteiger partial charge in [0.05, 0.1) is 10.7 Å². The van der Waals surface area contributed by atoms with Crippen LogP contribution in [0.4, 0.5) is 10.5 Å². The van der Waals surface area contributed by atoms with Gasteiger partial charge in [0, 0.05) is 19.8 Å². The molecule has 0 aliphatic carbocycles. The first-order chi connectivity index (χ1) is 10.1. The van der Waals surface area contributed by atoms with Gasteiger partial charge in [0.1, 0.15) is 5.56 Å². The summed E-state index contributed by atoms with van der Waals surface area (Å²) >= 11 is 5.83. The molecule has 0 saturated carbocycles. The summed E-state index contributed by atoms with van der Waals surface area (Å²) in [7, 11) is 0. The molecule has 1 aliphatic rings. The van der Waals surface area contributed by atoms with Crippen molar-refractivity contribution in [2.24, 2.45) is 5.92 Å². The van der Waals surface area contributed by atoms with Crippen molar-refractivity contribution >= 4 is 29.3 Å². The van der Waals surface area contributed by atoms with Crippen LogP contribution in [0.3, 0.4) is 0 Å². The summed E-state index contributed by atoms with van der Waals surface area (Å²) < 4.78 is 5.26. The molecule has 1 heterocycles. The number of hydrogen-bond acceptors (Lipinski definition) is 3. The van der Waals surface area contributed by atoms with Gasteiger partial charge in [0.25, 0.3) is 0 Å². The van der Waals surface area contributed by atoms with E-state index in [-0.39, 0.29) is 16.3 Å². The minimum atomic E-state index is -1.18. The maximum atomic E-state index is 11.8. The molecule has 7 heteroatoms. The topological polar surface area (TPSA) is 87.7 Å². The predicted molar refractivity (Wildman–Crippen MR) is 79.0 cm³/mol. The van der Waals surface area contributed by atoms with E-state index in [2.05, 4.69) is 10.6 Å². The van der Waals surface area contributed by atoms with Crippen LogP contribution in [0, 0.1) is 5.92 Å². The van der Waals surface area contributed by atoms with Gasteiger partial charge in [-0.05, 0) is 30.9 Å². The molecular formula is C14H17ClN2O4. The van der Waals surface area contributed by atoms with Crippen LogP contribution in [0.1, 0.15) is 23.2 Å². The number of ether oxygens (including phenoxy) is 1. The number of aromatic carboxylic acids is 1. The first-order valence-corrected chi connectivity index (χ1v) is 7.10. The van der Waals surface area contributed by atoms with Gasteiger partial charge in [-0.25, -0.2) is 9.59 Å². The fourth-order valence-electron chi connectivity index (χ4n) is 2.21. The van der Waals surface area contributed by atoms with Gasteiger partial charge in [-0.1, -0.05) is 17.7 Å². The zero-order chi connectivity index (χ0) is 15.2.